The quantitative estimate of drug-likeness (QED) is 0.659. The van der Waals surface area contributed by atoms with Crippen LogP contribution in [0.15, 0.2) is 53.8 Å². The van der Waals surface area contributed by atoms with E-state index in [0.29, 0.717) is 23.8 Å². The average Bonchev–Trinajstić information content (AvgIpc) is 3.11. The minimum Gasteiger partial charge on any atom is -0.439 e. The van der Waals surface area contributed by atoms with Gasteiger partial charge in [-0.15, -0.1) is 0 Å². The number of hydrogen-bond acceptors (Lipinski definition) is 7. The molecule has 9 heteroatoms. The van der Waals surface area contributed by atoms with Gasteiger partial charge in [-0.2, -0.15) is 0 Å². The first-order valence-corrected chi connectivity index (χ1v) is 7.67. The van der Waals surface area contributed by atoms with Crippen LogP contribution >= 0.6 is 0 Å². The van der Waals surface area contributed by atoms with E-state index in [9.17, 15) is 4.79 Å². The van der Waals surface area contributed by atoms with Crippen LogP contribution in [-0.4, -0.2) is 46.3 Å². The first-order valence-electron chi connectivity index (χ1n) is 7.67. The monoisotopic (exact) mass is 341 g/mol. The first kappa shape index (κ1) is 16.9. The summed E-state index contributed by atoms with van der Waals surface area (Å²) in [5.74, 6) is 0.690. The molecule has 1 aromatic carbocycles. The third-order valence-electron chi connectivity index (χ3n) is 3.47. The van der Waals surface area contributed by atoms with Crippen molar-refractivity contribution in [3.05, 3.63) is 54.2 Å². The zero-order valence-electron chi connectivity index (χ0n) is 13.2. The number of carbonyl (C=O) groups is 1. The molecule has 0 saturated heterocycles. The van der Waals surface area contributed by atoms with E-state index in [-0.39, 0.29) is 6.44 Å². The van der Waals surface area contributed by atoms with Crippen molar-refractivity contribution in [3.8, 4) is 11.6 Å². The molecule has 1 aliphatic rings. The molecule has 8 nitrogen and oxygen atoms in total. The molecule has 1 unspecified atom stereocenters. The number of aromatic nitrogens is 1. The fourth-order valence-electron chi connectivity index (χ4n) is 2.24. The van der Waals surface area contributed by atoms with Crippen LogP contribution in [0, 0.1) is 0 Å². The molecule has 0 fully saturated rings. The highest BCUT2D eigenvalue weighted by atomic mass is 16.6. The van der Waals surface area contributed by atoms with Gasteiger partial charge in [0.15, 0.2) is 0 Å². The van der Waals surface area contributed by atoms with Crippen LogP contribution in [0.25, 0.3) is 0 Å². The second-order valence-corrected chi connectivity index (χ2v) is 5.36. The highest BCUT2D eigenvalue weighted by Gasteiger charge is 2.29. The summed E-state index contributed by atoms with van der Waals surface area (Å²) < 4.78 is 5.62. The Morgan fingerprint density at radius 3 is 2.76 bits per heavy atom. The molecule has 1 aliphatic heterocycles. The Balaban J connectivity index is 1.57. The van der Waals surface area contributed by atoms with Crippen molar-refractivity contribution in [2.24, 2.45) is 5.16 Å². The molecular formula is C16H16BN3O5. The molecule has 0 spiro atoms. The van der Waals surface area contributed by atoms with E-state index in [1.165, 1.54) is 0 Å². The van der Waals surface area contributed by atoms with Gasteiger partial charge in [-0.3, -0.25) is 4.79 Å². The molecule has 0 aliphatic carbocycles. The molecule has 1 aromatic heterocycles. The maximum atomic E-state index is 11.8. The van der Waals surface area contributed by atoms with E-state index in [4.69, 9.17) is 19.6 Å². The largest absolute Gasteiger partial charge is 0.472 e. The van der Waals surface area contributed by atoms with Gasteiger partial charge in [0.1, 0.15) is 5.75 Å². The van der Waals surface area contributed by atoms with Crippen molar-refractivity contribution in [1.82, 2.24) is 10.3 Å². The molecule has 1 atom stereocenters. The minimum atomic E-state index is -1.60. The Labute approximate surface area is 144 Å². The average molecular weight is 341 g/mol. The standard InChI is InChI=1S/C16H16BN3O5/c21-16(19-10-17(22)23)14-9-13(20-25-14)11-4-6-12(7-5-11)24-15-3-1-2-8-18-15/h1-8,14,22-23H,9-10H2,(H,19,21). The predicted molar refractivity (Wildman–Crippen MR) is 90.0 cm³/mol. The lowest BCUT2D eigenvalue weighted by molar-refractivity contribution is -0.130. The Kier molecular flexibility index (Phi) is 5.27. The Morgan fingerprint density at radius 1 is 1.28 bits per heavy atom. The van der Waals surface area contributed by atoms with Gasteiger partial charge in [-0.05, 0) is 35.9 Å². The number of hydrogen-bond donors (Lipinski definition) is 3. The third-order valence-corrected chi connectivity index (χ3v) is 3.47. The molecule has 25 heavy (non-hydrogen) atoms. The van der Waals surface area contributed by atoms with Gasteiger partial charge in [0.05, 0.1) is 12.2 Å². The van der Waals surface area contributed by atoms with Gasteiger partial charge in [-0.25, -0.2) is 4.98 Å². The van der Waals surface area contributed by atoms with Gasteiger partial charge in [-0.1, -0.05) is 11.2 Å². The molecule has 3 N–H and O–H groups in total. The van der Waals surface area contributed by atoms with E-state index >= 15 is 0 Å². The van der Waals surface area contributed by atoms with Crippen molar-refractivity contribution in [3.63, 3.8) is 0 Å². The normalized spacial score (nSPS) is 15.9. The Bertz CT molecular complexity index is 752. The number of oxime groups is 1. The van der Waals surface area contributed by atoms with E-state index in [1.54, 1.807) is 24.4 Å². The molecular weight excluding hydrogens is 325 g/mol. The number of benzene rings is 1. The third kappa shape index (κ3) is 4.55. The topological polar surface area (TPSA) is 113 Å². The SMILES string of the molecule is O=C(NCB(O)O)C1CC(c2ccc(Oc3ccccn3)cc2)=NO1. The summed E-state index contributed by atoms with van der Waals surface area (Å²) in [5, 5.41) is 23.8. The van der Waals surface area contributed by atoms with Crippen LogP contribution in [0.3, 0.4) is 0 Å². The number of nitrogens with zero attached hydrogens (tertiary/aromatic N) is 2. The lowest BCUT2D eigenvalue weighted by atomic mass is 9.92. The summed E-state index contributed by atoms with van der Waals surface area (Å²) in [6.45, 7) is 0. The smallest absolute Gasteiger partial charge is 0.439 e. The van der Waals surface area contributed by atoms with Crippen LogP contribution in [-0.2, 0) is 9.63 Å². The van der Waals surface area contributed by atoms with Crippen molar-refractivity contribution in [2.45, 2.75) is 12.5 Å². The number of pyridine rings is 1. The predicted octanol–water partition coefficient (Wildman–Crippen LogP) is 0.495. The molecule has 0 radical (unpaired) electrons. The molecule has 2 aromatic rings. The molecule has 0 bridgehead atoms. The number of amides is 1. The molecule has 2 heterocycles. The van der Waals surface area contributed by atoms with Crippen molar-refractivity contribution in [2.75, 3.05) is 6.44 Å². The summed E-state index contributed by atoms with van der Waals surface area (Å²) in [6.07, 6.45) is 0.912. The Morgan fingerprint density at radius 2 is 2.08 bits per heavy atom. The number of rotatable bonds is 6. The van der Waals surface area contributed by atoms with Crippen LogP contribution in [0.2, 0.25) is 0 Å². The van der Waals surface area contributed by atoms with Crippen LogP contribution < -0.4 is 10.1 Å². The molecule has 3 rings (SSSR count). The lowest BCUT2D eigenvalue weighted by Gasteiger charge is -2.08. The van der Waals surface area contributed by atoms with Crippen molar-refractivity contribution < 1.29 is 24.4 Å². The van der Waals surface area contributed by atoms with Crippen LogP contribution in [0.5, 0.6) is 11.6 Å². The summed E-state index contributed by atoms with van der Waals surface area (Å²) in [4.78, 5) is 21.0. The molecule has 0 saturated carbocycles. The maximum Gasteiger partial charge on any atom is 0.472 e. The second-order valence-electron chi connectivity index (χ2n) is 5.36. The molecule has 128 valence electrons. The highest BCUT2D eigenvalue weighted by Crippen LogP contribution is 2.22. The van der Waals surface area contributed by atoms with Gasteiger partial charge < -0.3 is 24.9 Å². The Hall–Kier alpha value is -2.91. The van der Waals surface area contributed by atoms with Crippen molar-refractivity contribution >= 4 is 18.7 Å². The van der Waals surface area contributed by atoms with Gasteiger partial charge in [0.25, 0.3) is 5.91 Å². The van der Waals surface area contributed by atoms with Crippen molar-refractivity contribution in [1.29, 1.82) is 0 Å². The van der Waals surface area contributed by atoms with Crippen LogP contribution in [0.1, 0.15) is 12.0 Å². The minimum absolute atomic E-state index is 0.256. The maximum absolute atomic E-state index is 11.8. The fraction of sp³-hybridized carbons (Fsp3) is 0.188. The second kappa shape index (κ2) is 7.78. The summed E-state index contributed by atoms with van der Waals surface area (Å²) in [6, 6.07) is 12.6. The lowest BCUT2D eigenvalue weighted by Crippen LogP contribution is -2.41. The zero-order chi connectivity index (χ0) is 17.6. The molecule has 1 amide bonds. The van der Waals surface area contributed by atoms with E-state index < -0.39 is 19.1 Å². The fourth-order valence-corrected chi connectivity index (χ4v) is 2.24. The number of ether oxygens (including phenoxy) is 1. The van der Waals surface area contributed by atoms with Gasteiger partial charge in [0, 0.05) is 18.7 Å². The van der Waals surface area contributed by atoms with Gasteiger partial charge >= 0.3 is 7.12 Å². The van der Waals surface area contributed by atoms with Crippen LogP contribution in [0.4, 0.5) is 0 Å². The summed E-state index contributed by atoms with van der Waals surface area (Å²) in [7, 11) is -1.60. The summed E-state index contributed by atoms with van der Waals surface area (Å²) >= 11 is 0. The van der Waals surface area contributed by atoms with E-state index in [0.717, 1.165) is 5.56 Å². The first-order chi connectivity index (χ1) is 12.1. The number of carbonyl (C=O) groups excluding carboxylic acids is 1. The zero-order valence-corrected chi connectivity index (χ0v) is 13.2. The van der Waals surface area contributed by atoms with E-state index in [1.807, 2.05) is 24.3 Å². The highest BCUT2D eigenvalue weighted by molar-refractivity contribution is 6.41. The summed E-state index contributed by atoms with van der Waals surface area (Å²) in [5.41, 5.74) is 1.44. The van der Waals surface area contributed by atoms with E-state index in [2.05, 4.69) is 15.5 Å². The van der Waals surface area contributed by atoms with Gasteiger partial charge in [0.2, 0.25) is 12.0 Å². The number of nitrogens with one attached hydrogen (secondary N) is 1.